The maximum Gasteiger partial charge on any atom is 0.167 e. The predicted molar refractivity (Wildman–Crippen MR) is 78.1 cm³/mol. The number of ketones is 1. The Labute approximate surface area is 120 Å². The van der Waals surface area contributed by atoms with Gasteiger partial charge in [0, 0.05) is 16.5 Å². The van der Waals surface area contributed by atoms with Crippen molar-refractivity contribution in [1.29, 1.82) is 0 Å². The van der Waals surface area contributed by atoms with Crippen LogP contribution in [0.5, 0.6) is 0 Å². The van der Waals surface area contributed by atoms with Crippen molar-refractivity contribution >= 4 is 21.7 Å². The molecule has 0 heterocycles. The number of Topliss-reactive ketones (excluding diaryl/α,β-unsaturated/α-hetero) is 1. The van der Waals surface area contributed by atoms with Crippen molar-refractivity contribution in [2.75, 3.05) is 0 Å². The molecule has 0 amide bonds. The van der Waals surface area contributed by atoms with Gasteiger partial charge in [-0.1, -0.05) is 34.1 Å². The van der Waals surface area contributed by atoms with Crippen LogP contribution in [0.1, 0.15) is 27.0 Å². The molecule has 1 nitrogen and oxygen atoms in total. The third-order valence-electron chi connectivity index (χ3n) is 3.05. The number of hydrogen-bond donors (Lipinski definition) is 0. The average Bonchev–Trinajstić information content (AvgIpc) is 2.26. The van der Waals surface area contributed by atoms with Gasteiger partial charge < -0.3 is 0 Å². The zero-order chi connectivity index (χ0) is 14.0. The first-order valence-corrected chi connectivity index (χ1v) is 6.81. The van der Waals surface area contributed by atoms with E-state index in [0.717, 1.165) is 16.7 Å². The number of halogens is 2. The van der Waals surface area contributed by atoms with E-state index in [9.17, 15) is 9.18 Å². The fourth-order valence-electron chi connectivity index (χ4n) is 2.24. The largest absolute Gasteiger partial charge is 0.294 e. The lowest BCUT2D eigenvalue weighted by molar-refractivity contribution is 0.0992. The van der Waals surface area contributed by atoms with Gasteiger partial charge in [-0.05, 0) is 48.7 Å². The summed E-state index contributed by atoms with van der Waals surface area (Å²) in [6.45, 7) is 3.84. The van der Waals surface area contributed by atoms with Crippen LogP contribution in [-0.4, -0.2) is 5.78 Å². The summed E-state index contributed by atoms with van der Waals surface area (Å²) in [5.74, 6) is -0.313. The fraction of sp³-hybridized carbons (Fsp3) is 0.188. The Morgan fingerprint density at radius 3 is 2.37 bits per heavy atom. The monoisotopic (exact) mass is 320 g/mol. The Morgan fingerprint density at radius 2 is 1.79 bits per heavy atom. The van der Waals surface area contributed by atoms with E-state index in [0.29, 0.717) is 10.0 Å². The molecule has 0 aromatic heterocycles. The van der Waals surface area contributed by atoms with Crippen LogP contribution in [0.3, 0.4) is 0 Å². The van der Waals surface area contributed by atoms with Crippen LogP contribution >= 0.6 is 15.9 Å². The summed E-state index contributed by atoms with van der Waals surface area (Å²) < 4.78 is 13.9. The van der Waals surface area contributed by atoms with Gasteiger partial charge >= 0.3 is 0 Å². The lowest BCUT2D eigenvalue weighted by Crippen LogP contribution is -2.08. The molecular weight excluding hydrogens is 307 g/mol. The fourth-order valence-corrected chi connectivity index (χ4v) is 2.75. The highest BCUT2D eigenvalue weighted by molar-refractivity contribution is 9.10. The Bertz CT molecular complexity index is 594. The summed E-state index contributed by atoms with van der Waals surface area (Å²) in [4.78, 5) is 12.3. The molecule has 0 aliphatic heterocycles. The molecule has 98 valence electrons. The van der Waals surface area contributed by atoms with Gasteiger partial charge in [-0.25, -0.2) is 4.39 Å². The molecule has 19 heavy (non-hydrogen) atoms. The van der Waals surface area contributed by atoms with Gasteiger partial charge in [0.15, 0.2) is 5.78 Å². The molecule has 0 aliphatic rings. The number of benzene rings is 2. The second kappa shape index (κ2) is 5.66. The van der Waals surface area contributed by atoms with Crippen LogP contribution in [0.4, 0.5) is 4.39 Å². The second-order valence-electron chi connectivity index (χ2n) is 4.64. The molecule has 3 heteroatoms. The number of aryl methyl sites for hydroxylation is 2. The van der Waals surface area contributed by atoms with Crippen molar-refractivity contribution < 1.29 is 9.18 Å². The minimum atomic E-state index is -0.335. The van der Waals surface area contributed by atoms with E-state index in [1.807, 2.05) is 32.0 Å². The molecule has 0 fully saturated rings. The van der Waals surface area contributed by atoms with Crippen molar-refractivity contribution in [2.45, 2.75) is 20.3 Å². The molecule has 0 aliphatic carbocycles. The summed E-state index contributed by atoms with van der Waals surface area (Å²) in [6, 6.07) is 10.3. The zero-order valence-corrected chi connectivity index (χ0v) is 12.4. The topological polar surface area (TPSA) is 17.1 Å². The standard InChI is InChI=1S/C16H14BrFO/c1-10-4-3-5-11(2)16(10)15(19)8-12-6-13(17)9-14(18)7-12/h3-7,9H,8H2,1-2H3. The first-order chi connectivity index (χ1) is 8.97. The van der Waals surface area contributed by atoms with Crippen LogP contribution in [-0.2, 0) is 6.42 Å². The average molecular weight is 321 g/mol. The SMILES string of the molecule is Cc1cccc(C)c1C(=O)Cc1cc(F)cc(Br)c1. The third kappa shape index (κ3) is 3.29. The van der Waals surface area contributed by atoms with Gasteiger partial charge in [0.1, 0.15) is 5.82 Å². The second-order valence-corrected chi connectivity index (χ2v) is 5.56. The molecule has 0 unspecified atom stereocenters. The van der Waals surface area contributed by atoms with Crippen molar-refractivity contribution in [3.63, 3.8) is 0 Å². The summed E-state index contributed by atoms with van der Waals surface area (Å²) in [6.07, 6.45) is 0.210. The van der Waals surface area contributed by atoms with Crippen LogP contribution in [0, 0.1) is 19.7 Å². The molecule has 0 saturated heterocycles. The van der Waals surface area contributed by atoms with E-state index in [1.165, 1.54) is 12.1 Å². The predicted octanol–water partition coefficient (Wildman–Crippen LogP) is 4.63. The molecule has 2 rings (SSSR count). The first-order valence-electron chi connectivity index (χ1n) is 6.02. The number of rotatable bonds is 3. The Balaban J connectivity index is 2.31. The molecule has 0 radical (unpaired) electrons. The highest BCUT2D eigenvalue weighted by atomic mass is 79.9. The minimum absolute atomic E-state index is 0.0214. The van der Waals surface area contributed by atoms with E-state index in [4.69, 9.17) is 0 Å². The van der Waals surface area contributed by atoms with E-state index < -0.39 is 0 Å². The minimum Gasteiger partial charge on any atom is -0.294 e. The molecule has 0 atom stereocenters. The van der Waals surface area contributed by atoms with Crippen LogP contribution in [0.25, 0.3) is 0 Å². The van der Waals surface area contributed by atoms with Gasteiger partial charge in [-0.2, -0.15) is 0 Å². The van der Waals surface area contributed by atoms with Crippen molar-refractivity contribution in [1.82, 2.24) is 0 Å². The Kier molecular flexibility index (Phi) is 4.15. The quantitative estimate of drug-likeness (QED) is 0.753. The molecule has 2 aromatic carbocycles. The molecular formula is C16H14BrFO. The van der Waals surface area contributed by atoms with Crippen molar-refractivity contribution in [3.8, 4) is 0 Å². The van der Waals surface area contributed by atoms with Crippen LogP contribution in [0.2, 0.25) is 0 Å². The van der Waals surface area contributed by atoms with E-state index in [-0.39, 0.29) is 18.0 Å². The van der Waals surface area contributed by atoms with Crippen molar-refractivity contribution in [3.05, 3.63) is 68.9 Å². The van der Waals surface area contributed by atoms with Crippen LogP contribution < -0.4 is 0 Å². The Morgan fingerprint density at radius 1 is 1.16 bits per heavy atom. The molecule has 0 N–H and O–H groups in total. The Hall–Kier alpha value is -1.48. The third-order valence-corrected chi connectivity index (χ3v) is 3.50. The van der Waals surface area contributed by atoms with E-state index in [2.05, 4.69) is 15.9 Å². The first kappa shape index (κ1) is 13.9. The lowest BCUT2D eigenvalue weighted by Gasteiger charge is -2.09. The van der Waals surface area contributed by atoms with E-state index in [1.54, 1.807) is 6.07 Å². The highest BCUT2D eigenvalue weighted by Crippen LogP contribution is 2.19. The van der Waals surface area contributed by atoms with Gasteiger partial charge in [0.25, 0.3) is 0 Å². The zero-order valence-electron chi connectivity index (χ0n) is 10.8. The number of carbonyl (C=O) groups excluding carboxylic acids is 1. The number of carbonyl (C=O) groups is 1. The van der Waals surface area contributed by atoms with Gasteiger partial charge in [-0.15, -0.1) is 0 Å². The molecule has 0 saturated carbocycles. The smallest absolute Gasteiger partial charge is 0.167 e. The van der Waals surface area contributed by atoms with Gasteiger partial charge in [0.2, 0.25) is 0 Å². The lowest BCUT2D eigenvalue weighted by atomic mass is 9.95. The normalized spacial score (nSPS) is 10.5. The molecule has 0 spiro atoms. The summed E-state index contributed by atoms with van der Waals surface area (Å²) in [5, 5.41) is 0. The van der Waals surface area contributed by atoms with Crippen LogP contribution in [0.15, 0.2) is 40.9 Å². The van der Waals surface area contributed by atoms with E-state index >= 15 is 0 Å². The highest BCUT2D eigenvalue weighted by Gasteiger charge is 2.13. The summed E-state index contributed by atoms with van der Waals surface area (Å²) >= 11 is 3.24. The van der Waals surface area contributed by atoms with Crippen molar-refractivity contribution in [2.24, 2.45) is 0 Å². The van der Waals surface area contributed by atoms with Gasteiger partial charge in [0.05, 0.1) is 0 Å². The molecule has 0 bridgehead atoms. The summed E-state index contributed by atoms with van der Waals surface area (Å²) in [5.41, 5.74) is 3.34. The van der Waals surface area contributed by atoms with Gasteiger partial charge in [-0.3, -0.25) is 4.79 Å². The number of hydrogen-bond acceptors (Lipinski definition) is 1. The maximum atomic E-state index is 13.3. The maximum absolute atomic E-state index is 13.3. The summed E-state index contributed by atoms with van der Waals surface area (Å²) in [7, 11) is 0. The molecule has 2 aromatic rings.